The van der Waals surface area contributed by atoms with Gasteiger partial charge >= 0.3 is 0 Å². The highest BCUT2D eigenvalue weighted by molar-refractivity contribution is 7.99. The van der Waals surface area contributed by atoms with Crippen molar-refractivity contribution in [3.05, 3.63) is 40.8 Å². The zero-order valence-corrected chi connectivity index (χ0v) is 19.6. The lowest BCUT2D eigenvalue weighted by molar-refractivity contribution is 0.0633. The van der Waals surface area contributed by atoms with Crippen LogP contribution in [0.2, 0.25) is 0 Å². The predicted molar refractivity (Wildman–Crippen MR) is 121 cm³/mol. The van der Waals surface area contributed by atoms with E-state index in [9.17, 15) is 0 Å². The topological polar surface area (TPSA) is 38.9 Å². The van der Waals surface area contributed by atoms with Crippen molar-refractivity contribution < 1.29 is 4.42 Å². The molecule has 4 rings (SSSR count). The Bertz CT molecular complexity index is 860. The molecule has 3 atom stereocenters. The van der Waals surface area contributed by atoms with Crippen molar-refractivity contribution in [2.75, 3.05) is 5.75 Å². The quantitative estimate of drug-likeness (QED) is 0.376. The van der Waals surface area contributed by atoms with E-state index in [4.69, 9.17) is 4.42 Å². The van der Waals surface area contributed by atoms with Crippen LogP contribution in [0.4, 0.5) is 0 Å². The molecule has 1 saturated carbocycles. The summed E-state index contributed by atoms with van der Waals surface area (Å²) in [7, 11) is 0. The number of aromatic nitrogens is 2. The number of fused-ring (bicyclic) bond motifs is 3. The van der Waals surface area contributed by atoms with Gasteiger partial charge in [0.2, 0.25) is 5.89 Å². The SMILES string of the molecule is CCCCSc1nnc([C@]2(C)CCC[C@]3(C)c4ccc(C(C)C)cc4CCC23)o1. The lowest BCUT2D eigenvalue weighted by Gasteiger charge is -2.54. The zero-order valence-electron chi connectivity index (χ0n) is 18.8. The highest BCUT2D eigenvalue weighted by Gasteiger charge is 2.54. The van der Waals surface area contributed by atoms with Gasteiger partial charge in [0.25, 0.3) is 5.22 Å². The van der Waals surface area contributed by atoms with E-state index in [1.807, 2.05) is 0 Å². The Kier molecular flexibility index (Phi) is 5.85. The zero-order chi connectivity index (χ0) is 20.6. The fourth-order valence-electron chi connectivity index (χ4n) is 5.93. The Balaban J connectivity index is 1.65. The van der Waals surface area contributed by atoms with Gasteiger partial charge in [-0.25, -0.2) is 0 Å². The standard InChI is InChI=1S/C25H36N2OS/c1-6-7-15-29-23-27-26-22(28-23)25(5)14-8-13-24(4)20-11-9-18(17(2)3)16-19(20)10-12-21(24)25/h9,11,16-17,21H,6-8,10,12-15H2,1-5H3/t21?,24-,25-/m1/s1. The Labute approximate surface area is 180 Å². The number of rotatable bonds is 6. The maximum absolute atomic E-state index is 6.25. The monoisotopic (exact) mass is 412 g/mol. The van der Waals surface area contributed by atoms with E-state index in [0.29, 0.717) is 11.8 Å². The second-order valence-electron chi connectivity index (χ2n) is 9.93. The molecule has 4 heteroatoms. The van der Waals surface area contributed by atoms with Crippen LogP contribution >= 0.6 is 11.8 Å². The van der Waals surface area contributed by atoms with Gasteiger partial charge in [-0.15, -0.1) is 10.2 Å². The van der Waals surface area contributed by atoms with Gasteiger partial charge in [0.15, 0.2) is 0 Å². The lowest BCUT2D eigenvalue weighted by atomic mass is 9.49. The first kappa shape index (κ1) is 21.0. The molecule has 0 amide bonds. The molecule has 29 heavy (non-hydrogen) atoms. The van der Waals surface area contributed by atoms with Crippen molar-refractivity contribution >= 4 is 11.8 Å². The van der Waals surface area contributed by atoms with Gasteiger partial charge in [0.1, 0.15) is 0 Å². The normalized spacial score (nSPS) is 29.0. The average Bonchev–Trinajstić information content (AvgIpc) is 3.17. The van der Waals surface area contributed by atoms with Crippen LogP contribution in [0.3, 0.4) is 0 Å². The first-order valence-electron chi connectivity index (χ1n) is 11.5. The molecule has 1 aromatic carbocycles. The van der Waals surface area contributed by atoms with Crippen molar-refractivity contribution in [3.63, 3.8) is 0 Å². The van der Waals surface area contributed by atoms with Gasteiger partial charge in [0.05, 0.1) is 0 Å². The molecule has 3 nitrogen and oxygen atoms in total. The summed E-state index contributed by atoms with van der Waals surface area (Å²) in [4.78, 5) is 0. The molecule has 2 aromatic rings. The van der Waals surface area contributed by atoms with E-state index >= 15 is 0 Å². The maximum Gasteiger partial charge on any atom is 0.276 e. The third-order valence-corrected chi connectivity index (χ3v) is 8.57. The first-order valence-corrected chi connectivity index (χ1v) is 12.5. The molecule has 158 valence electrons. The van der Waals surface area contributed by atoms with E-state index < -0.39 is 0 Å². The number of hydrogen-bond donors (Lipinski definition) is 0. The second kappa shape index (κ2) is 8.09. The van der Waals surface area contributed by atoms with Crippen LogP contribution in [-0.2, 0) is 17.3 Å². The highest BCUT2D eigenvalue weighted by atomic mass is 32.2. The third kappa shape index (κ3) is 3.66. The summed E-state index contributed by atoms with van der Waals surface area (Å²) in [5.74, 6) is 3.07. The van der Waals surface area contributed by atoms with Gasteiger partial charge in [-0.3, -0.25) is 0 Å². The largest absolute Gasteiger partial charge is 0.415 e. The first-order chi connectivity index (χ1) is 13.9. The molecule has 1 heterocycles. The van der Waals surface area contributed by atoms with E-state index in [-0.39, 0.29) is 10.8 Å². The summed E-state index contributed by atoms with van der Waals surface area (Å²) >= 11 is 1.71. The van der Waals surface area contributed by atoms with Crippen LogP contribution in [0.5, 0.6) is 0 Å². The van der Waals surface area contributed by atoms with Gasteiger partial charge in [-0.05, 0) is 66.0 Å². The Morgan fingerprint density at radius 3 is 2.72 bits per heavy atom. The van der Waals surface area contributed by atoms with E-state index in [0.717, 1.165) is 29.7 Å². The number of hydrogen-bond acceptors (Lipinski definition) is 4. The summed E-state index contributed by atoms with van der Waals surface area (Å²) < 4.78 is 6.25. The van der Waals surface area contributed by atoms with Crippen LogP contribution in [0.15, 0.2) is 27.8 Å². The van der Waals surface area contributed by atoms with Crippen molar-refractivity contribution in [3.8, 4) is 0 Å². The number of benzene rings is 1. The fourth-order valence-corrected chi connectivity index (χ4v) is 6.77. The van der Waals surface area contributed by atoms with Gasteiger partial charge < -0.3 is 4.42 Å². The van der Waals surface area contributed by atoms with E-state index in [2.05, 4.69) is 63.0 Å². The highest BCUT2D eigenvalue weighted by Crippen LogP contribution is 2.58. The average molecular weight is 413 g/mol. The molecule has 1 unspecified atom stereocenters. The molecular formula is C25H36N2OS. The molecule has 0 aliphatic heterocycles. The number of nitrogens with zero attached hydrogens (tertiary/aromatic N) is 2. The molecule has 0 spiro atoms. The van der Waals surface area contributed by atoms with Crippen molar-refractivity contribution in [1.29, 1.82) is 0 Å². The van der Waals surface area contributed by atoms with E-state index in [1.165, 1.54) is 37.7 Å². The van der Waals surface area contributed by atoms with E-state index in [1.54, 1.807) is 22.9 Å². The van der Waals surface area contributed by atoms with Gasteiger partial charge in [-0.1, -0.05) is 77.4 Å². The smallest absolute Gasteiger partial charge is 0.276 e. The maximum atomic E-state index is 6.25. The molecule has 0 N–H and O–H groups in total. The van der Waals surface area contributed by atoms with Crippen LogP contribution < -0.4 is 0 Å². The molecule has 0 saturated heterocycles. The fraction of sp³-hybridized carbons (Fsp3) is 0.680. The number of unbranched alkanes of at least 4 members (excludes halogenated alkanes) is 1. The minimum absolute atomic E-state index is 0.0298. The van der Waals surface area contributed by atoms with Gasteiger partial charge in [0, 0.05) is 11.2 Å². The molecule has 0 radical (unpaired) electrons. The summed E-state index contributed by atoms with van der Waals surface area (Å²) in [6.45, 7) is 11.7. The number of aryl methyl sites for hydroxylation is 1. The minimum atomic E-state index is -0.0298. The summed E-state index contributed by atoms with van der Waals surface area (Å²) in [5, 5.41) is 9.71. The van der Waals surface area contributed by atoms with Crippen LogP contribution in [0, 0.1) is 5.92 Å². The van der Waals surface area contributed by atoms with Crippen molar-refractivity contribution in [1.82, 2.24) is 10.2 Å². The lowest BCUT2D eigenvalue weighted by Crippen LogP contribution is -2.51. The second-order valence-corrected chi connectivity index (χ2v) is 11.0. The summed E-state index contributed by atoms with van der Waals surface area (Å²) in [6, 6.07) is 7.27. The van der Waals surface area contributed by atoms with Crippen molar-refractivity contribution in [2.45, 2.75) is 102 Å². The molecule has 2 aliphatic carbocycles. The molecule has 0 bridgehead atoms. The van der Waals surface area contributed by atoms with Gasteiger partial charge in [-0.2, -0.15) is 0 Å². The van der Waals surface area contributed by atoms with Crippen molar-refractivity contribution in [2.24, 2.45) is 5.92 Å². The Morgan fingerprint density at radius 1 is 1.17 bits per heavy atom. The molecular weight excluding hydrogens is 376 g/mol. The van der Waals surface area contributed by atoms with Crippen LogP contribution in [0.25, 0.3) is 0 Å². The summed E-state index contributed by atoms with van der Waals surface area (Å²) in [5.41, 5.74) is 4.77. The third-order valence-electron chi connectivity index (χ3n) is 7.66. The Hall–Kier alpha value is -1.29. The minimum Gasteiger partial charge on any atom is -0.415 e. The summed E-state index contributed by atoms with van der Waals surface area (Å²) in [6.07, 6.45) is 8.39. The predicted octanol–water partition coefficient (Wildman–Crippen LogP) is 7.05. The molecule has 2 aliphatic rings. The van der Waals surface area contributed by atoms with Crippen LogP contribution in [-0.4, -0.2) is 16.0 Å². The molecule has 1 fully saturated rings. The van der Waals surface area contributed by atoms with Crippen LogP contribution in [0.1, 0.15) is 102 Å². The molecule has 1 aromatic heterocycles. The Morgan fingerprint density at radius 2 is 1.97 bits per heavy atom. The number of thioether (sulfide) groups is 1.